The molecule has 268 valence electrons. The van der Waals surface area contributed by atoms with Gasteiger partial charge >= 0.3 is 0 Å². The van der Waals surface area contributed by atoms with E-state index >= 15 is 0 Å². The van der Waals surface area contributed by atoms with Crippen LogP contribution >= 0.6 is 0 Å². The zero-order chi connectivity index (χ0) is 37.7. The highest BCUT2D eigenvalue weighted by Crippen LogP contribution is 2.42. The molecule has 11 aromatic rings. The lowest BCUT2D eigenvalue weighted by atomic mass is 10.00. The number of oxazole rings is 1. The van der Waals surface area contributed by atoms with Gasteiger partial charge in [-0.05, 0) is 113 Å². The number of hydrogen-bond acceptors (Lipinski definition) is 3. The van der Waals surface area contributed by atoms with E-state index in [2.05, 4.69) is 185 Å². The fraction of sp³-hybridized carbons (Fsp3) is 0. The van der Waals surface area contributed by atoms with E-state index in [1.165, 1.54) is 32.9 Å². The first-order chi connectivity index (χ1) is 28.2. The van der Waals surface area contributed by atoms with Crippen molar-refractivity contribution in [3.05, 3.63) is 212 Å². The van der Waals surface area contributed by atoms with Gasteiger partial charge in [-0.1, -0.05) is 127 Å². The number of fused-ring (bicyclic) bond motifs is 6. The first-order valence-electron chi connectivity index (χ1n) is 19.3. The van der Waals surface area contributed by atoms with E-state index in [9.17, 15) is 0 Å². The quantitative estimate of drug-likeness (QED) is 0.164. The van der Waals surface area contributed by atoms with E-state index < -0.39 is 0 Å². The van der Waals surface area contributed by atoms with Gasteiger partial charge in [0, 0.05) is 44.5 Å². The van der Waals surface area contributed by atoms with Gasteiger partial charge in [0.25, 0.3) is 0 Å². The Morgan fingerprint density at radius 1 is 0.386 bits per heavy atom. The van der Waals surface area contributed by atoms with Crippen molar-refractivity contribution in [2.45, 2.75) is 0 Å². The van der Waals surface area contributed by atoms with Crippen LogP contribution in [0.3, 0.4) is 0 Å². The summed E-state index contributed by atoms with van der Waals surface area (Å²) < 4.78 is 8.78. The Morgan fingerprint density at radius 3 is 1.79 bits per heavy atom. The number of benzene rings is 9. The fourth-order valence-corrected chi connectivity index (χ4v) is 8.25. The molecule has 4 heteroatoms. The molecular formula is C53H35N3O. The SMILES string of the molecule is c1ccc(-c2cccc(N(c3ccc(-c4ccc5ccc6nc(-c7ccccc7)oc6c5c4)cc3)c3ccc4c(c3)c3ccccc3n4-c3ccccc3)c2)cc1. The molecule has 0 fully saturated rings. The Morgan fingerprint density at radius 2 is 0.982 bits per heavy atom. The Kier molecular flexibility index (Phi) is 7.78. The van der Waals surface area contributed by atoms with Gasteiger partial charge in [-0.3, -0.25) is 0 Å². The monoisotopic (exact) mass is 729 g/mol. The van der Waals surface area contributed by atoms with Gasteiger partial charge < -0.3 is 13.9 Å². The summed E-state index contributed by atoms with van der Waals surface area (Å²) in [5.41, 5.74) is 14.0. The molecule has 57 heavy (non-hydrogen) atoms. The Labute approximate surface area is 330 Å². The maximum atomic E-state index is 6.41. The smallest absolute Gasteiger partial charge is 0.227 e. The molecule has 0 aliphatic rings. The molecule has 0 aliphatic carbocycles. The Hall–Kier alpha value is -7.69. The molecule has 2 heterocycles. The van der Waals surface area contributed by atoms with Crippen LogP contribution in [0.25, 0.3) is 83.1 Å². The average Bonchev–Trinajstić information content (AvgIpc) is 3.88. The molecular weight excluding hydrogens is 695 g/mol. The molecule has 0 amide bonds. The van der Waals surface area contributed by atoms with Crippen molar-refractivity contribution in [3.8, 4) is 39.4 Å². The number of anilines is 3. The molecule has 4 nitrogen and oxygen atoms in total. The summed E-state index contributed by atoms with van der Waals surface area (Å²) in [6.07, 6.45) is 0. The molecule has 0 spiro atoms. The van der Waals surface area contributed by atoms with Crippen LogP contribution in [0.5, 0.6) is 0 Å². The van der Waals surface area contributed by atoms with Crippen LogP contribution in [-0.2, 0) is 0 Å². The van der Waals surface area contributed by atoms with Crippen molar-refractivity contribution in [2.24, 2.45) is 0 Å². The number of aromatic nitrogens is 2. The third-order valence-electron chi connectivity index (χ3n) is 11.0. The second kappa shape index (κ2) is 13.6. The van der Waals surface area contributed by atoms with E-state index in [1.54, 1.807) is 0 Å². The number of hydrogen-bond donors (Lipinski definition) is 0. The predicted octanol–water partition coefficient (Wildman–Crippen LogP) is 14.5. The maximum absolute atomic E-state index is 6.41. The van der Waals surface area contributed by atoms with Gasteiger partial charge in [0.1, 0.15) is 5.52 Å². The average molecular weight is 730 g/mol. The van der Waals surface area contributed by atoms with Crippen molar-refractivity contribution >= 4 is 60.7 Å². The van der Waals surface area contributed by atoms with Gasteiger partial charge in [0.2, 0.25) is 5.89 Å². The molecule has 0 bridgehead atoms. The van der Waals surface area contributed by atoms with Crippen LogP contribution in [0, 0.1) is 0 Å². The van der Waals surface area contributed by atoms with E-state index in [1.807, 2.05) is 36.4 Å². The highest BCUT2D eigenvalue weighted by molar-refractivity contribution is 6.11. The van der Waals surface area contributed by atoms with Crippen molar-refractivity contribution < 1.29 is 4.42 Å². The van der Waals surface area contributed by atoms with Crippen molar-refractivity contribution in [1.82, 2.24) is 9.55 Å². The Bertz CT molecular complexity index is 3220. The fourth-order valence-electron chi connectivity index (χ4n) is 8.25. The molecule has 0 atom stereocenters. The maximum Gasteiger partial charge on any atom is 0.227 e. The van der Waals surface area contributed by atoms with Gasteiger partial charge in [-0.2, -0.15) is 0 Å². The molecule has 0 saturated heterocycles. The summed E-state index contributed by atoms with van der Waals surface area (Å²) in [6, 6.07) is 75.3. The molecule has 11 rings (SSSR count). The van der Waals surface area contributed by atoms with Crippen LogP contribution < -0.4 is 4.90 Å². The number of nitrogens with zero attached hydrogens (tertiary/aromatic N) is 3. The van der Waals surface area contributed by atoms with E-state index in [-0.39, 0.29) is 0 Å². The van der Waals surface area contributed by atoms with Gasteiger partial charge in [-0.15, -0.1) is 0 Å². The van der Waals surface area contributed by atoms with Crippen LogP contribution in [0.2, 0.25) is 0 Å². The first-order valence-corrected chi connectivity index (χ1v) is 19.3. The molecule has 0 radical (unpaired) electrons. The van der Waals surface area contributed by atoms with Crippen LogP contribution in [-0.4, -0.2) is 9.55 Å². The third-order valence-corrected chi connectivity index (χ3v) is 11.0. The summed E-state index contributed by atoms with van der Waals surface area (Å²) in [6.45, 7) is 0. The Balaban J connectivity index is 1.04. The summed E-state index contributed by atoms with van der Waals surface area (Å²) in [5, 5.41) is 4.59. The zero-order valence-corrected chi connectivity index (χ0v) is 31.0. The van der Waals surface area contributed by atoms with Crippen LogP contribution in [0.4, 0.5) is 17.1 Å². The van der Waals surface area contributed by atoms with E-state index in [0.717, 1.165) is 61.3 Å². The number of rotatable bonds is 7. The van der Waals surface area contributed by atoms with Gasteiger partial charge in [0.05, 0.1) is 11.0 Å². The predicted molar refractivity (Wildman–Crippen MR) is 237 cm³/mol. The molecule has 2 aromatic heterocycles. The molecule has 0 unspecified atom stereocenters. The van der Waals surface area contributed by atoms with Gasteiger partial charge in [-0.25, -0.2) is 4.98 Å². The lowest BCUT2D eigenvalue weighted by Gasteiger charge is -2.26. The minimum atomic E-state index is 0.632. The second-order valence-corrected chi connectivity index (χ2v) is 14.4. The van der Waals surface area contributed by atoms with E-state index in [0.29, 0.717) is 5.89 Å². The lowest BCUT2D eigenvalue weighted by Crippen LogP contribution is -2.10. The molecule has 9 aromatic carbocycles. The van der Waals surface area contributed by atoms with E-state index in [4.69, 9.17) is 9.40 Å². The number of para-hydroxylation sites is 2. The lowest BCUT2D eigenvalue weighted by molar-refractivity contribution is 0.623. The molecule has 0 N–H and O–H groups in total. The summed E-state index contributed by atoms with van der Waals surface area (Å²) in [4.78, 5) is 7.20. The van der Waals surface area contributed by atoms with Crippen LogP contribution in [0.1, 0.15) is 0 Å². The standard InChI is InChI=1S/C53H35N3O/c1-4-13-36(14-5-1)40-17-12-20-44(33-40)55(45-30-32-51-48(35-45)46-21-10-11-22-50(46)56(51)42-18-8-3-9-19-42)43-28-25-37(26-29-43)41-24-23-38-27-31-49-52(47(38)34-41)57-53(54-49)39-15-6-2-7-16-39/h1-35H. The largest absolute Gasteiger partial charge is 0.435 e. The summed E-state index contributed by atoms with van der Waals surface area (Å²) >= 11 is 0. The molecule has 0 aliphatic heterocycles. The summed E-state index contributed by atoms with van der Waals surface area (Å²) in [5.74, 6) is 0.632. The normalized spacial score (nSPS) is 11.5. The van der Waals surface area contributed by atoms with Crippen molar-refractivity contribution in [1.29, 1.82) is 0 Å². The highest BCUT2D eigenvalue weighted by Gasteiger charge is 2.19. The minimum Gasteiger partial charge on any atom is -0.435 e. The third kappa shape index (κ3) is 5.74. The highest BCUT2D eigenvalue weighted by atomic mass is 16.3. The molecule has 0 saturated carbocycles. The minimum absolute atomic E-state index is 0.632. The van der Waals surface area contributed by atoms with Gasteiger partial charge in [0.15, 0.2) is 5.58 Å². The zero-order valence-electron chi connectivity index (χ0n) is 31.0. The summed E-state index contributed by atoms with van der Waals surface area (Å²) in [7, 11) is 0. The van der Waals surface area contributed by atoms with Crippen molar-refractivity contribution in [3.63, 3.8) is 0 Å². The first kappa shape index (κ1) is 32.7. The van der Waals surface area contributed by atoms with Crippen molar-refractivity contribution in [2.75, 3.05) is 4.90 Å². The second-order valence-electron chi connectivity index (χ2n) is 14.4. The topological polar surface area (TPSA) is 34.2 Å². The van der Waals surface area contributed by atoms with Crippen LogP contribution in [0.15, 0.2) is 217 Å².